The zero-order chi connectivity index (χ0) is 21.6. The molecule has 7 nitrogen and oxygen atoms in total. The maximum atomic E-state index is 13.0. The van der Waals surface area contributed by atoms with Crippen LogP contribution in [-0.2, 0) is 36.7 Å². The lowest BCUT2D eigenvalue weighted by Crippen LogP contribution is -2.72. The van der Waals surface area contributed by atoms with Crippen molar-refractivity contribution in [3.05, 3.63) is 35.9 Å². The van der Waals surface area contributed by atoms with Crippen molar-refractivity contribution >= 4 is 63.8 Å². The number of nitrogens with one attached hydrogen (secondary N) is 1. The molecule has 0 bridgehead atoms. The maximum absolute atomic E-state index is 13.0. The Bertz CT molecular complexity index is 817. The van der Waals surface area contributed by atoms with Gasteiger partial charge in [-0.2, -0.15) is 0 Å². The highest BCUT2D eigenvalue weighted by Gasteiger charge is 2.73. The highest BCUT2D eigenvalue weighted by molar-refractivity contribution is 7.94. The summed E-state index contributed by atoms with van der Waals surface area (Å²) in [6.07, 6.45) is 0.0854. The number of alkyl halides is 3. The molecule has 4 atom stereocenters. The number of hydrogen-bond acceptors (Lipinski definition) is 5. The van der Waals surface area contributed by atoms with E-state index >= 15 is 0 Å². The summed E-state index contributed by atoms with van der Waals surface area (Å²) in [4.78, 5) is 38.7. The third-order valence-corrected chi connectivity index (χ3v) is 7.41. The predicted molar refractivity (Wildman–Crippen MR) is 110 cm³/mol. The van der Waals surface area contributed by atoms with E-state index in [-0.39, 0.29) is 12.3 Å². The van der Waals surface area contributed by atoms with Crippen LogP contribution in [-0.4, -0.2) is 59.8 Å². The van der Waals surface area contributed by atoms with Gasteiger partial charge in [-0.15, -0.1) is 0 Å². The van der Waals surface area contributed by atoms with Gasteiger partial charge in [0.1, 0.15) is 6.61 Å². The Kier molecular flexibility index (Phi) is 6.32. The van der Waals surface area contributed by atoms with Gasteiger partial charge in [0.05, 0.1) is 6.42 Å². The average molecular weight is 482 g/mol. The van der Waals surface area contributed by atoms with Crippen LogP contribution in [0.2, 0.25) is 0 Å². The van der Waals surface area contributed by atoms with Gasteiger partial charge in [-0.25, -0.2) is 4.79 Å². The molecule has 2 heterocycles. The Labute approximate surface area is 186 Å². The van der Waals surface area contributed by atoms with Crippen molar-refractivity contribution in [1.82, 2.24) is 10.2 Å². The molecule has 2 aliphatic rings. The molecule has 2 amide bonds. The number of nitrogens with zero attached hydrogens (tertiary/aromatic N) is 1. The van der Waals surface area contributed by atoms with Gasteiger partial charge in [0.2, 0.25) is 15.1 Å². The molecule has 0 aliphatic carbocycles. The van der Waals surface area contributed by atoms with Crippen molar-refractivity contribution in [2.75, 3.05) is 6.61 Å². The van der Waals surface area contributed by atoms with E-state index in [1.54, 1.807) is 38.1 Å². The van der Waals surface area contributed by atoms with Crippen molar-refractivity contribution in [2.45, 2.75) is 46.3 Å². The number of amides is 2. The standard InChI is InChI=1S/C18H19Cl3N2O5S/c1-17(2)13(16(26)28-9-18(19,20)21)23-14(25)12(15(23)29(17)27)22-11(24)8-10-6-4-3-5-7-10/h3-7,12-13,15H,8-9H2,1-2H3,(H,22,24)/t12-,13+,15-,29?/m1/s1. The topological polar surface area (TPSA) is 98.8 Å². The van der Waals surface area contributed by atoms with E-state index in [0.29, 0.717) is 0 Å². The summed E-state index contributed by atoms with van der Waals surface area (Å²) in [7, 11) is 0. The Hall–Kier alpha value is -1.19. The molecule has 2 saturated heterocycles. The van der Waals surface area contributed by atoms with Crippen molar-refractivity contribution in [3.8, 4) is 0 Å². The van der Waals surface area contributed by atoms with Crippen molar-refractivity contribution in [2.24, 2.45) is 0 Å². The number of carbonyl (C=O) groups is 3. The summed E-state index contributed by atoms with van der Waals surface area (Å²) in [6.45, 7) is 2.69. The van der Waals surface area contributed by atoms with E-state index in [9.17, 15) is 18.9 Å². The number of fused-ring (bicyclic) bond motifs is 1. The summed E-state index contributed by atoms with van der Waals surface area (Å²) in [5, 5.41) is 1.81. The molecule has 0 aromatic heterocycles. The minimum Gasteiger partial charge on any atom is -0.614 e. The maximum Gasteiger partial charge on any atom is 0.334 e. The van der Waals surface area contributed by atoms with Crippen LogP contribution in [0.3, 0.4) is 0 Å². The fraction of sp³-hybridized carbons (Fsp3) is 0.500. The zero-order valence-corrected chi connectivity index (χ0v) is 18.6. The third-order valence-electron chi connectivity index (χ3n) is 4.88. The van der Waals surface area contributed by atoms with Crippen molar-refractivity contribution < 1.29 is 23.7 Å². The van der Waals surface area contributed by atoms with E-state index in [1.165, 1.54) is 4.90 Å². The lowest BCUT2D eigenvalue weighted by Gasteiger charge is -2.41. The van der Waals surface area contributed by atoms with E-state index in [1.807, 2.05) is 6.07 Å². The van der Waals surface area contributed by atoms with Gasteiger partial charge < -0.3 is 14.6 Å². The molecule has 29 heavy (non-hydrogen) atoms. The normalized spacial score (nSPS) is 27.8. The first kappa shape index (κ1) is 22.5. The summed E-state index contributed by atoms with van der Waals surface area (Å²) in [5.41, 5.74) is 0.787. The molecule has 0 saturated carbocycles. The lowest BCUT2D eigenvalue weighted by atomic mass is 9.96. The molecule has 0 spiro atoms. The fourth-order valence-electron chi connectivity index (χ4n) is 3.51. The van der Waals surface area contributed by atoms with Crippen LogP contribution in [0, 0.1) is 0 Å². The Morgan fingerprint density at radius 3 is 2.48 bits per heavy atom. The first-order chi connectivity index (χ1) is 13.4. The van der Waals surface area contributed by atoms with Gasteiger partial charge in [-0.1, -0.05) is 65.1 Å². The predicted octanol–water partition coefficient (Wildman–Crippen LogP) is 1.71. The molecule has 1 N–H and O–H groups in total. The molecule has 158 valence electrons. The summed E-state index contributed by atoms with van der Waals surface area (Å²) >= 11 is 15.2. The van der Waals surface area contributed by atoms with Gasteiger partial charge in [0.15, 0.2) is 16.8 Å². The number of carbonyl (C=O) groups excluding carboxylic acids is 3. The number of β-lactam (4-membered cyclic amide) rings is 1. The molecule has 1 unspecified atom stereocenters. The molecule has 3 rings (SSSR count). The Morgan fingerprint density at radius 2 is 1.90 bits per heavy atom. The Balaban J connectivity index is 1.70. The van der Waals surface area contributed by atoms with Crippen molar-refractivity contribution in [1.29, 1.82) is 0 Å². The van der Waals surface area contributed by atoms with Crippen molar-refractivity contribution in [3.63, 3.8) is 0 Å². The first-order valence-corrected chi connectivity index (χ1v) is 11.1. The second-order valence-electron chi connectivity index (χ2n) is 7.37. The van der Waals surface area contributed by atoms with Crippen LogP contribution in [0.15, 0.2) is 30.3 Å². The summed E-state index contributed by atoms with van der Waals surface area (Å²) in [5.74, 6) is -1.67. The van der Waals surface area contributed by atoms with Gasteiger partial charge in [-0.3, -0.25) is 14.5 Å². The van der Waals surface area contributed by atoms with Crippen LogP contribution in [0.5, 0.6) is 0 Å². The Morgan fingerprint density at radius 1 is 1.28 bits per heavy atom. The molecule has 1 aromatic carbocycles. The molecular weight excluding hydrogens is 463 g/mol. The fourth-order valence-corrected chi connectivity index (χ4v) is 5.59. The number of halogens is 3. The molecule has 2 fully saturated rings. The molecule has 0 radical (unpaired) electrons. The van der Waals surface area contributed by atoms with Gasteiger partial charge in [0.25, 0.3) is 5.91 Å². The summed E-state index contributed by atoms with van der Waals surface area (Å²) < 4.78 is 15.1. The van der Waals surface area contributed by atoms with E-state index < -0.39 is 55.7 Å². The van der Waals surface area contributed by atoms with Gasteiger partial charge in [-0.05, 0) is 30.6 Å². The monoisotopic (exact) mass is 480 g/mol. The number of esters is 1. The van der Waals surface area contributed by atoms with Gasteiger partial charge >= 0.3 is 5.97 Å². The largest absolute Gasteiger partial charge is 0.614 e. The van der Waals surface area contributed by atoms with Crippen LogP contribution in [0.1, 0.15) is 19.4 Å². The lowest BCUT2D eigenvalue weighted by molar-refractivity contribution is -0.164. The minimum absolute atomic E-state index is 0.0854. The zero-order valence-electron chi connectivity index (χ0n) is 15.6. The molecular formula is C18H19Cl3N2O5S. The number of benzene rings is 1. The highest BCUT2D eigenvalue weighted by atomic mass is 35.6. The highest BCUT2D eigenvalue weighted by Crippen LogP contribution is 2.46. The van der Waals surface area contributed by atoms with Crippen LogP contribution in [0.4, 0.5) is 0 Å². The minimum atomic E-state index is -1.80. The third kappa shape index (κ3) is 4.46. The van der Waals surface area contributed by atoms with E-state index in [2.05, 4.69) is 5.32 Å². The first-order valence-electron chi connectivity index (χ1n) is 8.73. The molecule has 2 aliphatic heterocycles. The van der Waals surface area contributed by atoms with Crippen LogP contribution in [0.25, 0.3) is 0 Å². The van der Waals surface area contributed by atoms with Crippen LogP contribution >= 0.6 is 34.8 Å². The smallest absolute Gasteiger partial charge is 0.334 e. The second-order valence-corrected chi connectivity index (χ2v) is 12.0. The van der Waals surface area contributed by atoms with E-state index in [4.69, 9.17) is 39.5 Å². The molecule has 11 heteroatoms. The number of rotatable bonds is 5. The van der Waals surface area contributed by atoms with Gasteiger partial charge in [0, 0.05) is 0 Å². The second kappa shape index (κ2) is 8.15. The number of ether oxygens (including phenoxy) is 1. The number of hydrogen-bond donors (Lipinski definition) is 1. The quantitative estimate of drug-likeness (QED) is 0.299. The summed E-state index contributed by atoms with van der Waals surface area (Å²) in [6, 6.07) is 6.97. The SMILES string of the molecule is CC1(C)[C@H](C(=O)OCC(Cl)(Cl)Cl)N2C(=O)[C@@H](NC(=O)Cc3ccccc3)[C@H]2[S+]1[O-]. The van der Waals surface area contributed by atoms with E-state index in [0.717, 1.165) is 5.56 Å². The average Bonchev–Trinajstić information content (AvgIpc) is 2.82. The van der Waals surface area contributed by atoms with Crippen LogP contribution < -0.4 is 5.32 Å². The molecule has 1 aromatic rings.